The normalized spacial score (nSPS) is 16.5. The minimum atomic E-state index is -4.22. The van der Waals surface area contributed by atoms with Gasteiger partial charge in [-0.15, -0.1) is 0 Å². The second-order valence-electron chi connectivity index (χ2n) is 18.5. The summed E-state index contributed by atoms with van der Waals surface area (Å²) in [6, 6.07) is 13.4. The molecule has 2 bridgehead atoms. The minimum absolute atomic E-state index is 0.0773. The fourth-order valence-electron chi connectivity index (χ4n) is 6.21. The van der Waals surface area contributed by atoms with Crippen molar-refractivity contribution in [2.75, 3.05) is 0 Å². The first-order chi connectivity index (χ1) is 20.3. The van der Waals surface area contributed by atoms with Gasteiger partial charge in [0, 0.05) is 24.0 Å². The molecule has 244 valence electrons. The van der Waals surface area contributed by atoms with Gasteiger partial charge in [-0.05, 0) is 66.0 Å². The zero-order valence-electron chi connectivity index (χ0n) is 30.5. The number of fused-ring (bicyclic) bond motifs is 3. The molecule has 0 aromatic heterocycles. The molecule has 0 aliphatic carbocycles. The van der Waals surface area contributed by atoms with Crippen LogP contribution in [0.5, 0.6) is 17.2 Å². The Morgan fingerprint density at radius 1 is 0.422 bits per heavy atom. The molecular formula is C40H55O4P. The van der Waals surface area contributed by atoms with Crippen molar-refractivity contribution in [3.8, 4) is 17.2 Å². The van der Waals surface area contributed by atoms with Crippen LogP contribution < -0.4 is 13.6 Å². The molecule has 2 aliphatic rings. The summed E-state index contributed by atoms with van der Waals surface area (Å²) in [5.74, 6) is 1.84. The maximum absolute atomic E-state index is 15.2. The topological polar surface area (TPSA) is 44.8 Å². The molecule has 2 aliphatic heterocycles. The summed E-state index contributed by atoms with van der Waals surface area (Å²) in [4.78, 5) is 0. The first kappa shape index (κ1) is 33.6. The Morgan fingerprint density at radius 3 is 0.978 bits per heavy atom. The molecule has 3 aromatic carbocycles. The third kappa shape index (κ3) is 6.60. The van der Waals surface area contributed by atoms with Crippen LogP contribution in [0.2, 0.25) is 0 Å². The summed E-state index contributed by atoms with van der Waals surface area (Å²) in [5, 5.41) is 0. The molecule has 0 fully saturated rings. The Morgan fingerprint density at radius 2 is 0.689 bits per heavy atom. The predicted octanol–water partition coefficient (Wildman–Crippen LogP) is 11.6. The third-order valence-corrected chi connectivity index (χ3v) is 10.4. The molecule has 0 saturated carbocycles. The van der Waals surface area contributed by atoms with Crippen LogP contribution in [0, 0.1) is 0 Å². The summed E-state index contributed by atoms with van der Waals surface area (Å²) < 4.78 is 35.1. The number of benzene rings is 3. The highest BCUT2D eigenvalue weighted by Gasteiger charge is 2.43. The average molecular weight is 631 g/mol. The number of hydrogen-bond donors (Lipinski definition) is 0. The number of phosphoric acid groups is 1. The van der Waals surface area contributed by atoms with Crippen LogP contribution in [0.1, 0.15) is 154 Å². The highest BCUT2D eigenvalue weighted by molar-refractivity contribution is 7.49. The van der Waals surface area contributed by atoms with Crippen molar-refractivity contribution in [1.29, 1.82) is 0 Å². The lowest BCUT2D eigenvalue weighted by atomic mass is 9.77. The Labute approximate surface area is 272 Å². The molecule has 5 rings (SSSR count). The second-order valence-corrected chi connectivity index (χ2v) is 19.9. The Bertz CT molecular complexity index is 1600. The van der Waals surface area contributed by atoms with E-state index in [0.717, 1.165) is 33.4 Å². The summed E-state index contributed by atoms with van der Waals surface area (Å²) >= 11 is 0. The van der Waals surface area contributed by atoms with Gasteiger partial charge in [0.05, 0.1) is 0 Å². The van der Waals surface area contributed by atoms with E-state index in [2.05, 4.69) is 140 Å². The summed E-state index contributed by atoms with van der Waals surface area (Å²) in [7, 11) is -4.22. The lowest BCUT2D eigenvalue weighted by Gasteiger charge is -2.36. The van der Waals surface area contributed by atoms with E-state index >= 15 is 4.57 Å². The number of hydrogen-bond acceptors (Lipinski definition) is 4. The van der Waals surface area contributed by atoms with Crippen molar-refractivity contribution in [1.82, 2.24) is 0 Å². The molecule has 0 saturated heterocycles. The second kappa shape index (κ2) is 10.4. The largest absolute Gasteiger partial charge is 0.647 e. The van der Waals surface area contributed by atoms with Gasteiger partial charge in [0.15, 0.2) is 0 Å². The number of phosphoric ester groups is 1. The highest BCUT2D eigenvalue weighted by Crippen LogP contribution is 2.59. The van der Waals surface area contributed by atoms with Crippen LogP contribution in [0.3, 0.4) is 0 Å². The van der Waals surface area contributed by atoms with E-state index < -0.39 is 7.82 Å². The molecule has 3 aromatic rings. The molecule has 0 amide bonds. The first-order valence-electron chi connectivity index (χ1n) is 16.5. The Hall–Kier alpha value is -2.71. The van der Waals surface area contributed by atoms with Gasteiger partial charge in [-0.3, -0.25) is 0 Å². The van der Waals surface area contributed by atoms with E-state index in [0.29, 0.717) is 30.1 Å². The van der Waals surface area contributed by atoms with Gasteiger partial charge in [-0.1, -0.05) is 140 Å². The lowest BCUT2D eigenvalue weighted by molar-refractivity contribution is 0.284. The van der Waals surface area contributed by atoms with E-state index in [4.69, 9.17) is 13.6 Å². The molecular weight excluding hydrogens is 575 g/mol. The SMILES string of the molecule is CC(C)(C)c1cc2c3c(c1)Cc1cc(C(C)(C)C)cc(C(C)(C)C)c1OP(=O)(O3)Oc1c(cc(C(C)(C)C)cc1C(C)(C)C)C2. The molecule has 45 heavy (non-hydrogen) atoms. The van der Waals surface area contributed by atoms with Crippen molar-refractivity contribution in [2.24, 2.45) is 0 Å². The summed E-state index contributed by atoms with van der Waals surface area (Å²) in [6.07, 6.45) is 1.22. The molecule has 4 nitrogen and oxygen atoms in total. The van der Waals surface area contributed by atoms with Crippen LogP contribution in [0.4, 0.5) is 0 Å². The maximum Gasteiger partial charge on any atom is 0.647 e. The van der Waals surface area contributed by atoms with Gasteiger partial charge in [0.1, 0.15) is 17.2 Å². The smallest absolute Gasteiger partial charge is 0.385 e. The molecule has 0 spiro atoms. The molecule has 0 N–H and O–H groups in total. The molecule has 5 heteroatoms. The van der Waals surface area contributed by atoms with Gasteiger partial charge in [-0.2, -0.15) is 4.57 Å². The maximum atomic E-state index is 15.2. The van der Waals surface area contributed by atoms with E-state index in [1.807, 2.05) is 0 Å². The third-order valence-electron chi connectivity index (χ3n) is 9.16. The standard InChI is InChI=1S/C40H55O4P/c1-36(2,3)28-18-24-16-26-20-29(37(4,5)6)22-31(39(10,11)12)34(26)43-45(41)42-33(24)25(19-28)17-27-21-30(38(7,8)9)23-32(35(27)44-45)40(13,14)15/h18-23H,16-17H2,1-15H3. The Kier molecular flexibility index (Phi) is 7.77. The van der Waals surface area contributed by atoms with Gasteiger partial charge in [0.25, 0.3) is 0 Å². The van der Waals surface area contributed by atoms with Crippen LogP contribution in [-0.4, -0.2) is 0 Å². The zero-order chi connectivity index (χ0) is 33.7. The predicted molar refractivity (Wildman–Crippen MR) is 188 cm³/mol. The fraction of sp³-hybridized carbons (Fsp3) is 0.550. The Balaban J connectivity index is 1.91. The molecule has 2 heterocycles. The summed E-state index contributed by atoms with van der Waals surface area (Å²) in [6.45, 7) is 33.2. The van der Waals surface area contributed by atoms with E-state index in [1.54, 1.807) is 0 Å². The van der Waals surface area contributed by atoms with Gasteiger partial charge >= 0.3 is 7.82 Å². The van der Waals surface area contributed by atoms with Crippen LogP contribution in [-0.2, 0) is 44.5 Å². The van der Waals surface area contributed by atoms with E-state index in [1.165, 1.54) is 16.7 Å². The molecule has 0 atom stereocenters. The monoisotopic (exact) mass is 630 g/mol. The van der Waals surface area contributed by atoms with Crippen molar-refractivity contribution in [3.05, 3.63) is 86.5 Å². The van der Waals surface area contributed by atoms with E-state index in [-0.39, 0.29) is 27.1 Å². The van der Waals surface area contributed by atoms with Crippen molar-refractivity contribution in [3.63, 3.8) is 0 Å². The average Bonchev–Trinajstić information content (AvgIpc) is 2.82. The van der Waals surface area contributed by atoms with Crippen LogP contribution in [0.15, 0.2) is 36.4 Å². The summed E-state index contributed by atoms with van der Waals surface area (Å²) in [5.41, 5.74) is 8.95. The molecule has 0 radical (unpaired) electrons. The lowest BCUT2D eigenvalue weighted by Crippen LogP contribution is -2.24. The van der Waals surface area contributed by atoms with Crippen molar-refractivity contribution in [2.45, 2.75) is 144 Å². The van der Waals surface area contributed by atoms with Crippen molar-refractivity contribution >= 4 is 7.82 Å². The van der Waals surface area contributed by atoms with Crippen LogP contribution in [0.25, 0.3) is 0 Å². The zero-order valence-corrected chi connectivity index (χ0v) is 31.4. The van der Waals surface area contributed by atoms with E-state index in [9.17, 15) is 0 Å². The minimum Gasteiger partial charge on any atom is -0.385 e. The number of rotatable bonds is 0. The van der Waals surface area contributed by atoms with Crippen LogP contribution >= 0.6 is 7.82 Å². The fourth-order valence-corrected chi connectivity index (χ4v) is 7.65. The first-order valence-corrected chi connectivity index (χ1v) is 17.9. The van der Waals surface area contributed by atoms with Gasteiger partial charge in [0.2, 0.25) is 0 Å². The van der Waals surface area contributed by atoms with Gasteiger partial charge < -0.3 is 13.6 Å². The highest BCUT2D eigenvalue weighted by atomic mass is 31.2. The molecule has 0 unspecified atom stereocenters. The van der Waals surface area contributed by atoms with Gasteiger partial charge in [-0.25, -0.2) is 0 Å². The quantitative estimate of drug-likeness (QED) is 0.232. The van der Waals surface area contributed by atoms with Crippen molar-refractivity contribution < 1.29 is 18.1 Å².